The molecular weight excluding hydrogens is 206 g/mol. The number of rotatable bonds is 3. The van der Waals surface area contributed by atoms with Crippen molar-refractivity contribution in [3.05, 3.63) is 21.4 Å². The molecule has 3 heteroatoms. The van der Waals surface area contributed by atoms with E-state index in [2.05, 4.69) is 25.2 Å². The van der Waals surface area contributed by atoms with Crippen molar-refractivity contribution < 1.29 is 4.74 Å². The summed E-state index contributed by atoms with van der Waals surface area (Å²) in [5.41, 5.74) is 1.42. The average Bonchev–Trinajstić information content (AvgIpc) is 2.57. The molecule has 1 N–H and O–H groups in total. The third kappa shape index (κ3) is 3.03. The lowest BCUT2D eigenvalue weighted by molar-refractivity contribution is 0.0777. The molecule has 0 saturated carbocycles. The van der Waals surface area contributed by atoms with Crippen molar-refractivity contribution in [3.8, 4) is 0 Å². The minimum atomic E-state index is 0.654. The molecule has 2 rings (SSSR count). The van der Waals surface area contributed by atoms with E-state index in [9.17, 15) is 0 Å². The molecule has 1 aliphatic rings. The van der Waals surface area contributed by atoms with Crippen LogP contribution in [0.25, 0.3) is 0 Å². The van der Waals surface area contributed by atoms with Gasteiger partial charge in [0.15, 0.2) is 0 Å². The molecule has 15 heavy (non-hydrogen) atoms. The highest BCUT2D eigenvalue weighted by molar-refractivity contribution is 7.12. The molecule has 1 aromatic heterocycles. The maximum absolute atomic E-state index is 5.34. The molecule has 0 radical (unpaired) electrons. The van der Waals surface area contributed by atoms with E-state index < -0.39 is 0 Å². The van der Waals surface area contributed by atoms with Crippen molar-refractivity contribution in [1.82, 2.24) is 5.32 Å². The monoisotopic (exact) mass is 225 g/mol. The third-order valence-electron chi connectivity index (χ3n) is 3.00. The smallest absolute Gasteiger partial charge is 0.0480 e. The molecule has 84 valence electrons. The van der Waals surface area contributed by atoms with Gasteiger partial charge in [-0.25, -0.2) is 0 Å². The van der Waals surface area contributed by atoms with Crippen molar-refractivity contribution in [2.24, 2.45) is 0 Å². The number of thiophene rings is 1. The van der Waals surface area contributed by atoms with Crippen LogP contribution in [0.2, 0.25) is 0 Å². The van der Waals surface area contributed by atoms with E-state index in [0.29, 0.717) is 6.04 Å². The fourth-order valence-corrected chi connectivity index (χ4v) is 2.89. The lowest BCUT2D eigenvalue weighted by atomic mass is 10.1. The zero-order valence-electron chi connectivity index (χ0n) is 9.51. The van der Waals surface area contributed by atoms with Crippen LogP contribution < -0.4 is 5.32 Å². The van der Waals surface area contributed by atoms with E-state index >= 15 is 0 Å². The van der Waals surface area contributed by atoms with E-state index in [1.165, 1.54) is 15.3 Å². The number of nitrogens with one attached hydrogen (secondary N) is 1. The first-order valence-electron chi connectivity index (χ1n) is 5.63. The largest absolute Gasteiger partial charge is 0.381 e. The predicted octanol–water partition coefficient (Wildman–Crippen LogP) is 2.63. The zero-order valence-corrected chi connectivity index (χ0v) is 10.3. The lowest BCUT2D eigenvalue weighted by Gasteiger charge is -2.22. The van der Waals surface area contributed by atoms with E-state index in [1.807, 2.05) is 11.3 Å². The molecule has 2 heterocycles. The molecule has 1 aromatic rings. The Morgan fingerprint density at radius 3 is 2.73 bits per heavy atom. The highest BCUT2D eigenvalue weighted by atomic mass is 32.1. The lowest BCUT2D eigenvalue weighted by Crippen LogP contribution is -2.34. The van der Waals surface area contributed by atoms with Crippen LogP contribution in [0.15, 0.2) is 6.07 Å². The second-order valence-electron chi connectivity index (χ2n) is 4.22. The van der Waals surface area contributed by atoms with E-state index in [4.69, 9.17) is 4.74 Å². The van der Waals surface area contributed by atoms with Crippen LogP contribution in [0.3, 0.4) is 0 Å². The summed E-state index contributed by atoms with van der Waals surface area (Å²) in [7, 11) is 0. The van der Waals surface area contributed by atoms with Crippen molar-refractivity contribution in [1.29, 1.82) is 0 Å². The van der Waals surface area contributed by atoms with Gasteiger partial charge in [-0.1, -0.05) is 0 Å². The van der Waals surface area contributed by atoms with Gasteiger partial charge in [0.05, 0.1) is 0 Å². The highest BCUT2D eigenvalue weighted by Crippen LogP contribution is 2.20. The van der Waals surface area contributed by atoms with Crippen LogP contribution in [0, 0.1) is 13.8 Å². The summed E-state index contributed by atoms with van der Waals surface area (Å²) < 4.78 is 5.34. The molecule has 1 fully saturated rings. The molecule has 0 bridgehead atoms. The first-order valence-corrected chi connectivity index (χ1v) is 6.44. The van der Waals surface area contributed by atoms with Crippen molar-refractivity contribution >= 4 is 11.3 Å². The number of hydrogen-bond acceptors (Lipinski definition) is 3. The normalized spacial score (nSPS) is 18.3. The van der Waals surface area contributed by atoms with Gasteiger partial charge in [-0.2, -0.15) is 0 Å². The summed E-state index contributed by atoms with van der Waals surface area (Å²) in [6, 6.07) is 2.95. The van der Waals surface area contributed by atoms with Crippen LogP contribution in [-0.4, -0.2) is 19.3 Å². The SMILES string of the molecule is Cc1cc(CNC2CCOCC2)sc1C. The molecule has 0 aromatic carbocycles. The number of hydrogen-bond donors (Lipinski definition) is 1. The summed E-state index contributed by atoms with van der Waals surface area (Å²) in [6.45, 7) is 7.23. The summed E-state index contributed by atoms with van der Waals surface area (Å²) in [4.78, 5) is 2.90. The van der Waals surface area contributed by atoms with Crippen molar-refractivity contribution in [2.45, 2.75) is 39.3 Å². The Hall–Kier alpha value is -0.380. The molecular formula is C12H19NOS. The zero-order chi connectivity index (χ0) is 10.7. The first kappa shape index (κ1) is 11.1. The van der Waals surface area contributed by atoms with Crippen LogP contribution in [0.5, 0.6) is 0 Å². The Balaban J connectivity index is 1.81. The first-order chi connectivity index (χ1) is 7.25. The minimum Gasteiger partial charge on any atom is -0.381 e. The second kappa shape index (κ2) is 5.10. The number of aryl methyl sites for hydroxylation is 2. The van der Waals surface area contributed by atoms with Crippen LogP contribution in [0.1, 0.15) is 28.2 Å². The van der Waals surface area contributed by atoms with Crippen LogP contribution >= 0.6 is 11.3 Å². The molecule has 0 atom stereocenters. The molecule has 0 aliphatic carbocycles. The van der Waals surface area contributed by atoms with Crippen LogP contribution in [-0.2, 0) is 11.3 Å². The predicted molar refractivity (Wildman–Crippen MR) is 64.5 cm³/mol. The maximum Gasteiger partial charge on any atom is 0.0480 e. The van der Waals surface area contributed by atoms with Gasteiger partial charge in [-0.15, -0.1) is 11.3 Å². The number of ether oxygens (including phenoxy) is 1. The highest BCUT2D eigenvalue weighted by Gasteiger charge is 2.13. The van der Waals surface area contributed by atoms with Gasteiger partial charge in [0.25, 0.3) is 0 Å². The van der Waals surface area contributed by atoms with Gasteiger partial charge in [0.2, 0.25) is 0 Å². The maximum atomic E-state index is 5.34. The fourth-order valence-electron chi connectivity index (χ4n) is 1.88. The third-order valence-corrected chi connectivity index (χ3v) is 4.16. The van der Waals surface area contributed by atoms with E-state index in [1.54, 1.807) is 0 Å². The van der Waals surface area contributed by atoms with Gasteiger partial charge in [0, 0.05) is 35.6 Å². The summed E-state index contributed by atoms with van der Waals surface area (Å²) in [5, 5.41) is 3.61. The van der Waals surface area contributed by atoms with Gasteiger partial charge >= 0.3 is 0 Å². The van der Waals surface area contributed by atoms with Crippen molar-refractivity contribution in [3.63, 3.8) is 0 Å². The summed E-state index contributed by atoms with van der Waals surface area (Å²) in [5.74, 6) is 0. The van der Waals surface area contributed by atoms with Crippen LogP contribution in [0.4, 0.5) is 0 Å². The van der Waals surface area contributed by atoms with Gasteiger partial charge in [-0.05, 0) is 38.3 Å². The quantitative estimate of drug-likeness (QED) is 0.854. The Labute approximate surface area is 95.6 Å². The van der Waals surface area contributed by atoms with Crippen molar-refractivity contribution in [2.75, 3.05) is 13.2 Å². The Morgan fingerprint density at radius 2 is 2.13 bits per heavy atom. The fraction of sp³-hybridized carbons (Fsp3) is 0.667. The Bertz CT molecular complexity index is 296. The second-order valence-corrected chi connectivity index (χ2v) is 5.56. The van der Waals surface area contributed by atoms with Gasteiger partial charge in [-0.3, -0.25) is 0 Å². The van der Waals surface area contributed by atoms with E-state index in [-0.39, 0.29) is 0 Å². The molecule has 2 nitrogen and oxygen atoms in total. The average molecular weight is 225 g/mol. The summed E-state index contributed by atoms with van der Waals surface area (Å²) >= 11 is 1.91. The molecule has 0 amide bonds. The standard InChI is InChI=1S/C12H19NOS/c1-9-7-12(15-10(9)2)8-13-11-3-5-14-6-4-11/h7,11,13H,3-6,8H2,1-2H3. The van der Waals surface area contributed by atoms with Gasteiger partial charge < -0.3 is 10.1 Å². The topological polar surface area (TPSA) is 21.3 Å². The Kier molecular flexibility index (Phi) is 3.78. The summed E-state index contributed by atoms with van der Waals surface area (Å²) in [6.07, 6.45) is 2.31. The molecule has 0 unspecified atom stereocenters. The molecule has 0 spiro atoms. The Morgan fingerprint density at radius 1 is 1.40 bits per heavy atom. The molecule has 1 aliphatic heterocycles. The van der Waals surface area contributed by atoms with Gasteiger partial charge in [0.1, 0.15) is 0 Å². The van der Waals surface area contributed by atoms with E-state index in [0.717, 1.165) is 32.6 Å². The molecule has 1 saturated heterocycles. The minimum absolute atomic E-state index is 0.654.